The molecule has 0 fully saturated rings. The van der Waals surface area contributed by atoms with Crippen molar-refractivity contribution in [3.05, 3.63) is 34.6 Å². The van der Waals surface area contributed by atoms with Gasteiger partial charge in [0.15, 0.2) is 0 Å². The Labute approximate surface area is 94.2 Å². The van der Waals surface area contributed by atoms with Crippen LogP contribution >= 0.6 is 22.9 Å². The number of hydrogen-bond acceptors (Lipinski definition) is 4. The second-order valence-corrected chi connectivity index (χ2v) is 3.97. The number of carboxylic acid groups (broad SMARTS) is 1. The number of aromatic carboxylic acids is 1. The lowest BCUT2D eigenvalue weighted by Crippen LogP contribution is -2.02. The predicted molar refractivity (Wildman–Crippen MR) is 57.3 cm³/mol. The van der Waals surface area contributed by atoms with Crippen LogP contribution in [-0.2, 0) is 0 Å². The van der Waals surface area contributed by atoms with E-state index < -0.39 is 5.97 Å². The van der Waals surface area contributed by atoms with Gasteiger partial charge in [0.1, 0.15) is 5.56 Å². The zero-order valence-corrected chi connectivity index (χ0v) is 8.92. The van der Waals surface area contributed by atoms with E-state index in [4.69, 9.17) is 16.7 Å². The lowest BCUT2D eigenvalue weighted by atomic mass is 10.2. The molecular formula is C9H5ClN2O2S. The Balaban J connectivity index is 2.63. The number of hydrogen-bond donors (Lipinski definition) is 1. The van der Waals surface area contributed by atoms with Crippen LogP contribution in [0.5, 0.6) is 0 Å². The van der Waals surface area contributed by atoms with Gasteiger partial charge in [0.2, 0.25) is 5.28 Å². The average molecular weight is 241 g/mol. The fraction of sp³-hybridized carbons (Fsp3) is 0. The van der Waals surface area contributed by atoms with Crippen molar-refractivity contribution in [1.82, 2.24) is 9.97 Å². The molecule has 0 saturated heterocycles. The van der Waals surface area contributed by atoms with Crippen LogP contribution in [-0.4, -0.2) is 21.0 Å². The SMILES string of the molecule is O=C(O)c1cnc(Cl)nc1-c1cccs1. The molecule has 0 aliphatic heterocycles. The zero-order valence-electron chi connectivity index (χ0n) is 7.35. The maximum absolute atomic E-state index is 10.9. The first-order valence-corrected chi connectivity index (χ1v) is 5.24. The van der Waals surface area contributed by atoms with Crippen LogP contribution in [0.25, 0.3) is 10.6 Å². The summed E-state index contributed by atoms with van der Waals surface area (Å²) in [5, 5.41) is 10.8. The molecule has 2 rings (SSSR count). The second kappa shape index (κ2) is 3.96. The van der Waals surface area contributed by atoms with Gasteiger partial charge in [-0.25, -0.2) is 14.8 Å². The van der Waals surface area contributed by atoms with Crippen molar-refractivity contribution in [3.63, 3.8) is 0 Å². The summed E-state index contributed by atoms with van der Waals surface area (Å²) in [5.41, 5.74) is 0.416. The van der Waals surface area contributed by atoms with Crippen LogP contribution in [0.15, 0.2) is 23.7 Å². The third-order valence-corrected chi connectivity index (χ3v) is 2.80. The van der Waals surface area contributed by atoms with Gasteiger partial charge >= 0.3 is 5.97 Å². The van der Waals surface area contributed by atoms with Crippen molar-refractivity contribution in [1.29, 1.82) is 0 Å². The number of halogens is 1. The first kappa shape index (κ1) is 10.1. The van der Waals surface area contributed by atoms with Crippen LogP contribution in [0.4, 0.5) is 0 Å². The molecule has 0 aliphatic carbocycles. The number of nitrogens with zero attached hydrogens (tertiary/aromatic N) is 2. The topological polar surface area (TPSA) is 63.1 Å². The van der Waals surface area contributed by atoms with Gasteiger partial charge < -0.3 is 5.11 Å². The lowest BCUT2D eigenvalue weighted by Gasteiger charge is -2.01. The molecule has 15 heavy (non-hydrogen) atoms. The highest BCUT2D eigenvalue weighted by Gasteiger charge is 2.15. The molecule has 6 heteroatoms. The molecule has 0 spiro atoms. The van der Waals surface area contributed by atoms with Gasteiger partial charge in [-0.3, -0.25) is 0 Å². The smallest absolute Gasteiger partial charge is 0.339 e. The minimum atomic E-state index is -1.06. The van der Waals surface area contributed by atoms with Crippen molar-refractivity contribution in [2.45, 2.75) is 0 Å². The highest BCUT2D eigenvalue weighted by atomic mass is 35.5. The zero-order chi connectivity index (χ0) is 10.8. The maximum atomic E-state index is 10.9. The quantitative estimate of drug-likeness (QED) is 0.820. The van der Waals surface area contributed by atoms with Crippen molar-refractivity contribution < 1.29 is 9.90 Å². The van der Waals surface area contributed by atoms with Crippen molar-refractivity contribution in [2.75, 3.05) is 0 Å². The second-order valence-electron chi connectivity index (χ2n) is 2.68. The number of aromatic nitrogens is 2. The van der Waals surface area contributed by atoms with E-state index in [9.17, 15) is 4.79 Å². The van der Waals surface area contributed by atoms with E-state index in [1.807, 2.05) is 11.4 Å². The third-order valence-electron chi connectivity index (χ3n) is 1.74. The summed E-state index contributed by atoms with van der Waals surface area (Å²) in [6.07, 6.45) is 1.21. The summed E-state index contributed by atoms with van der Waals surface area (Å²) in [4.78, 5) is 19.2. The Hall–Kier alpha value is -1.46. The summed E-state index contributed by atoms with van der Waals surface area (Å²) < 4.78 is 0. The Kier molecular flexibility index (Phi) is 2.66. The minimum Gasteiger partial charge on any atom is -0.478 e. The predicted octanol–water partition coefficient (Wildman–Crippen LogP) is 2.56. The van der Waals surface area contributed by atoms with E-state index in [0.717, 1.165) is 4.88 Å². The summed E-state index contributed by atoms with van der Waals surface area (Å²) in [5.74, 6) is -1.06. The molecule has 0 aliphatic rings. The summed E-state index contributed by atoms with van der Waals surface area (Å²) >= 11 is 7.03. The van der Waals surface area contributed by atoms with E-state index in [-0.39, 0.29) is 10.8 Å². The van der Waals surface area contributed by atoms with Gasteiger partial charge in [0, 0.05) is 6.20 Å². The van der Waals surface area contributed by atoms with E-state index in [1.165, 1.54) is 17.5 Å². The lowest BCUT2D eigenvalue weighted by molar-refractivity contribution is 0.0697. The molecule has 2 aromatic rings. The van der Waals surface area contributed by atoms with E-state index in [1.54, 1.807) is 6.07 Å². The Morgan fingerprint density at radius 3 is 2.93 bits per heavy atom. The minimum absolute atomic E-state index is 0.0448. The fourth-order valence-electron chi connectivity index (χ4n) is 1.12. The van der Waals surface area contributed by atoms with Crippen LogP contribution < -0.4 is 0 Å². The Bertz CT molecular complexity index is 499. The molecule has 0 saturated carbocycles. The van der Waals surface area contributed by atoms with Crippen LogP contribution in [0, 0.1) is 0 Å². The maximum Gasteiger partial charge on any atom is 0.339 e. The molecule has 0 amide bonds. The summed E-state index contributed by atoms with van der Waals surface area (Å²) in [6.45, 7) is 0. The number of carbonyl (C=O) groups is 1. The molecule has 0 bridgehead atoms. The van der Waals surface area contributed by atoms with Crippen LogP contribution in [0.2, 0.25) is 5.28 Å². The molecule has 0 unspecified atom stereocenters. The molecule has 0 radical (unpaired) electrons. The first-order valence-electron chi connectivity index (χ1n) is 3.98. The molecule has 2 aromatic heterocycles. The van der Waals surface area contributed by atoms with Gasteiger partial charge in [0.25, 0.3) is 0 Å². The monoisotopic (exact) mass is 240 g/mol. The van der Waals surface area contributed by atoms with Gasteiger partial charge in [-0.05, 0) is 23.0 Å². The fourth-order valence-corrected chi connectivity index (χ4v) is 1.98. The summed E-state index contributed by atoms with van der Waals surface area (Å²) in [6, 6.07) is 3.61. The number of thiophene rings is 1. The number of carboxylic acids is 1. The van der Waals surface area contributed by atoms with E-state index in [2.05, 4.69) is 9.97 Å². The molecule has 0 atom stereocenters. The van der Waals surface area contributed by atoms with Crippen LogP contribution in [0.3, 0.4) is 0 Å². The van der Waals surface area contributed by atoms with Gasteiger partial charge in [0.05, 0.1) is 10.6 Å². The van der Waals surface area contributed by atoms with Gasteiger partial charge in [-0.15, -0.1) is 11.3 Å². The number of rotatable bonds is 2. The third kappa shape index (κ3) is 1.98. The molecular weight excluding hydrogens is 236 g/mol. The van der Waals surface area contributed by atoms with Crippen molar-refractivity contribution >= 4 is 28.9 Å². The average Bonchev–Trinajstić information content (AvgIpc) is 2.69. The van der Waals surface area contributed by atoms with E-state index in [0.29, 0.717) is 5.69 Å². The highest BCUT2D eigenvalue weighted by Crippen LogP contribution is 2.26. The van der Waals surface area contributed by atoms with Gasteiger partial charge in [-0.2, -0.15) is 0 Å². The molecule has 0 aromatic carbocycles. The Morgan fingerprint density at radius 2 is 2.33 bits per heavy atom. The first-order chi connectivity index (χ1) is 7.18. The van der Waals surface area contributed by atoms with Crippen molar-refractivity contribution in [2.24, 2.45) is 0 Å². The standard InChI is InChI=1S/C9H5ClN2O2S/c10-9-11-4-5(8(13)14)7(12-9)6-2-1-3-15-6/h1-4H,(H,13,14). The summed E-state index contributed by atoms with van der Waals surface area (Å²) in [7, 11) is 0. The molecule has 4 nitrogen and oxygen atoms in total. The largest absolute Gasteiger partial charge is 0.478 e. The normalized spacial score (nSPS) is 10.2. The van der Waals surface area contributed by atoms with Crippen LogP contribution in [0.1, 0.15) is 10.4 Å². The van der Waals surface area contributed by atoms with E-state index >= 15 is 0 Å². The Morgan fingerprint density at radius 1 is 1.53 bits per heavy atom. The molecule has 1 N–H and O–H groups in total. The highest BCUT2D eigenvalue weighted by molar-refractivity contribution is 7.13. The van der Waals surface area contributed by atoms with Crippen molar-refractivity contribution in [3.8, 4) is 10.6 Å². The molecule has 76 valence electrons. The van der Waals surface area contributed by atoms with Gasteiger partial charge in [-0.1, -0.05) is 6.07 Å². The molecule has 2 heterocycles.